The number of thioether (sulfide) groups is 1. The molecule has 2 aromatic carbocycles. The van der Waals surface area contributed by atoms with Crippen LogP contribution in [0.2, 0.25) is 0 Å². The van der Waals surface area contributed by atoms with Crippen molar-refractivity contribution in [1.82, 2.24) is 5.32 Å². The van der Waals surface area contributed by atoms with Gasteiger partial charge in [-0.25, -0.2) is 0 Å². The smallest absolute Gasteiger partial charge is 0.227 e. The fourth-order valence-electron chi connectivity index (χ4n) is 2.63. The highest BCUT2D eigenvalue weighted by Gasteiger charge is 2.22. The maximum Gasteiger partial charge on any atom is 0.227 e. The van der Waals surface area contributed by atoms with Gasteiger partial charge in [0.05, 0.1) is 18.1 Å². The summed E-state index contributed by atoms with van der Waals surface area (Å²) in [5.41, 5.74) is 1.78. The maximum atomic E-state index is 12.5. The highest BCUT2D eigenvalue weighted by atomic mass is 32.2. The van der Waals surface area contributed by atoms with Gasteiger partial charge in [-0.15, -0.1) is 11.8 Å². The first-order valence-electron chi connectivity index (χ1n) is 8.68. The van der Waals surface area contributed by atoms with Crippen LogP contribution < -0.4 is 5.32 Å². The van der Waals surface area contributed by atoms with E-state index in [0.717, 1.165) is 11.1 Å². The summed E-state index contributed by atoms with van der Waals surface area (Å²) in [7, 11) is 0. The van der Waals surface area contributed by atoms with Gasteiger partial charge in [-0.05, 0) is 37.1 Å². The summed E-state index contributed by atoms with van der Waals surface area (Å²) in [6.45, 7) is 8.04. The third-order valence-corrected chi connectivity index (χ3v) is 5.15. The van der Waals surface area contributed by atoms with Crippen molar-refractivity contribution in [3.63, 3.8) is 0 Å². The molecule has 0 aliphatic rings. The van der Waals surface area contributed by atoms with E-state index in [1.807, 2.05) is 56.3 Å². The summed E-state index contributed by atoms with van der Waals surface area (Å²) in [6.07, 6.45) is -0.720. The number of hydrogen-bond acceptors (Lipinski definition) is 3. The van der Waals surface area contributed by atoms with Gasteiger partial charge in [0.1, 0.15) is 0 Å². The molecule has 4 heteroatoms. The van der Waals surface area contributed by atoms with Crippen LogP contribution in [0.15, 0.2) is 59.5 Å². The average molecular weight is 358 g/mol. The van der Waals surface area contributed by atoms with Crippen LogP contribution in [0.1, 0.15) is 50.8 Å². The molecule has 0 aromatic heterocycles. The number of carbonyl (C=O) groups is 1. The topological polar surface area (TPSA) is 49.3 Å². The van der Waals surface area contributed by atoms with Crippen molar-refractivity contribution >= 4 is 17.7 Å². The molecule has 0 bridgehead atoms. The van der Waals surface area contributed by atoms with Gasteiger partial charge in [0.25, 0.3) is 0 Å². The minimum Gasteiger partial charge on any atom is -0.386 e. The largest absolute Gasteiger partial charge is 0.386 e. The van der Waals surface area contributed by atoms with Crippen molar-refractivity contribution in [3.8, 4) is 0 Å². The summed E-state index contributed by atoms with van der Waals surface area (Å²) in [4.78, 5) is 13.7. The summed E-state index contributed by atoms with van der Waals surface area (Å²) < 4.78 is 0. The lowest BCUT2D eigenvalue weighted by molar-refractivity contribution is -0.123. The zero-order valence-corrected chi connectivity index (χ0v) is 16.1. The van der Waals surface area contributed by atoms with Crippen molar-refractivity contribution in [1.29, 1.82) is 0 Å². The third-order valence-electron chi connectivity index (χ3n) is 4.13. The first-order valence-corrected chi connectivity index (χ1v) is 9.56. The predicted molar refractivity (Wildman–Crippen MR) is 105 cm³/mol. The van der Waals surface area contributed by atoms with E-state index in [2.05, 4.69) is 31.3 Å². The molecule has 0 heterocycles. The highest BCUT2D eigenvalue weighted by Crippen LogP contribution is 2.25. The van der Waals surface area contributed by atoms with Gasteiger partial charge in [0, 0.05) is 10.1 Å². The molecule has 2 N–H and O–H groups in total. The lowest BCUT2D eigenvalue weighted by Crippen LogP contribution is -2.39. The Morgan fingerprint density at radius 1 is 0.920 bits per heavy atom. The maximum absolute atomic E-state index is 12.5. The molecule has 1 amide bonds. The van der Waals surface area contributed by atoms with Crippen molar-refractivity contribution in [3.05, 3.63) is 65.7 Å². The van der Waals surface area contributed by atoms with Gasteiger partial charge in [-0.2, -0.15) is 0 Å². The van der Waals surface area contributed by atoms with E-state index in [-0.39, 0.29) is 17.9 Å². The van der Waals surface area contributed by atoms with Crippen LogP contribution in [-0.2, 0) is 4.79 Å². The summed E-state index contributed by atoms with van der Waals surface area (Å²) in [6, 6.07) is 17.2. The molecule has 2 aromatic rings. The Morgan fingerprint density at radius 3 is 2.08 bits per heavy atom. The molecule has 0 saturated heterocycles. The zero-order chi connectivity index (χ0) is 18.4. The molecule has 0 aliphatic heterocycles. The third kappa shape index (κ3) is 5.62. The van der Waals surface area contributed by atoms with Crippen molar-refractivity contribution in [2.45, 2.75) is 55.9 Å². The predicted octanol–water partition coefficient (Wildman–Crippen LogP) is 4.53. The Morgan fingerprint density at radius 2 is 1.52 bits per heavy atom. The minimum absolute atomic E-state index is 0.0771. The van der Waals surface area contributed by atoms with Crippen LogP contribution >= 0.6 is 11.8 Å². The summed E-state index contributed by atoms with van der Waals surface area (Å²) in [5.74, 6) is -0.338. The first kappa shape index (κ1) is 19.5. The van der Waals surface area contributed by atoms with Gasteiger partial charge >= 0.3 is 0 Å². The van der Waals surface area contributed by atoms with Gasteiger partial charge in [-0.3, -0.25) is 4.79 Å². The molecule has 0 fully saturated rings. The molecule has 0 radical (unpaired) electrons. The molecule has 0 spiro atoms. The Balaban J connectivity index is 1.97. The summed E-state index contributed by atoms with van der Waals surface area (Å²) in [5, 5.41) is 13.9. The molecule has 134 valence electrons. The summed E-state index contributed by atoms with van der Waals surface area (Å²) >= 11 is 1.81. The average Bonchev–Trinajstić information content (AvgIpc) is 2.61. The molecule has 25 heavy (non-hydrogen) atoms. The van der Waals surface area contributed by atoms with Crippen LogP contribution in [0.4, 0.5) is 0 Å². The fourth-order valence-corrected chi connectivity index (χ4v) is 3.46. The van der Waals surface area contributed by atoms with E-state index < -0.39 is 6.10 Å². The fraction of sp³-hybridized carbons (Fsp3) is 0.381. The second kappa shape index (κ2) is 9.07. The number of hydrogen-bond donors (Lipinski definition) is 2. The molecular formula is C21H27NO2S. The molecule has 0 aliphatic carbocycles. The van der Waals surface area contributed by atoms with Gasteiger partial charge in [0.2, 0.25) is 5.91 Å². The normalized spacial score (nSPS) is 14.8. The molecule has 3 nitrogen and oxygen atoms in total. The van der Waals surface area contributed by atoms with E-state index in [0.29, 0.717) is 5.25 Å². The van der Waals surface area contributed by atoms with Gasteiger partial charge < -0.3 is 10.4 Å². The SMILES string of the molecule is CC(C)Sc1ccc(C(C)C(=O)NC(C)C(O)c2ccccc2)cc1. The van der Waals surface area contributed by atoms with Crippen LogP contribution in [-0.4, -0.2) is 22.3 Å². The van der Waals surface area contributed by atoms with E-state index in [4.69, 9.17) is 0 Å². The quantitative estimate of drug-likeness (QED) is 0.716. The van der Waals surface area contributed by atoms with E-state index in [1.54, 1.807) is 11.8 Å². The first-order chi connectivity index (χ1) is 11.9. The Labute approximate surface area is 154 Å². The Bertz CT molecular complexity index is 670. The van der Waals surface area contributed by atoms with Crippen LogP contribution in [0.3, 0.4) is 0 Å². The van der Waals surface area contributed by atoms with E-state index in [1.165, 1.54) is 4.90 Å². The number of benzene rings is 2. The molecular weight excluding hydrogens is 330 g/mol. The second-order valence-corrected chi connectivity index (χ2v) is 8.26. The molecule has 2 rings (SSSR count). The van der Waals surface area contributed by atoms with Crippen LogP contribution in [0.5, 0.6) is 0 Å². The molecule has 0 saturated carbocycles. The van der Waals surface area contributed by atoms with Crippen molar-refractivity contribution < 1.29 is 9.90 Å². The second-order valence-electron chi connectivity index (χ2n) is 6.61. The standard InChI is InChI=1S/C21H27NO2S/c1-14(2)25-19-12-10-17(11-13-19)15(3)21(24)22-16(4)20(23)18-8-6-5-7-9-18/h5-16,20,23H,1-4H3,(H,22,24). The molecule has 3 unspecified atom stereocenters. The van der Waals surface area contributed by atoms with Crippen molar-refractivity contribution in [2.75, 3.05) is 0 Å². The van der Waals surface area contributed by atoms with E-state index >= 15 is 0 Å². The van der Waals surface area contributed by atoms with Crippen molar-refractivity contribution in [2.24, 2.45) is 0 Å². The van der Waals surface area contributed by atoms with Gasteiger partial charge in [-0.1, -0.05) is 56.3 Å². The monoisotopic (exact) mass is 357 g/mol. The highest BCUT2D eigenvalue weighted by molar-refractivity contribution is 7.99. The van der Waals surface area contributed by atoms with Crippen LogP contribution in [0.25, 0.3) is 0 Å². The number of amides is 1. The zero-order valence-electron chi connectivity index (χ0n) is 15.3. The number of aliphatic hydroxyl groups is 1. The lowest BCUT2D eigenvalue weighted by Gasteiger charge is -2.23. The molecule has 3 atom stereocenters. The Hall–Kier alpha value is -1.78. The number of rotatable bonds is 7. The minimum atomic E-state index is -0.720. The van der Waals surface area contributed by atoms with E-state index in [9.17, 15) is 9.90 Å². The van der Waals surface area contributed by atoms with Gasteiger partial charge in [0.15, 0.2) is 0 Å². The number of carbonyl (C=O) groups excluding carboxylic acids is 1. The Kier molecular flexibility index (Phi) is 7.09. The number of aliphatic hydroxyl groups excluding tert-OH is 1. The lowest BCUT2D eigenvalue weighted by atomic mass is 9.98. The van der Waals surface area contributed by atoms with Crippen LogP contribution in [0, 0.1) is 0 Å². The number of nitrogens with one attached hydrogen (secondary N) is 1.